The molecule has 0 amide bonds. The van der Waals surface area contributed by atoms with Crippen molar-refractivity contribution >= 4 is 32.4 Å². The van der Waals surface area contributed by atoms with Crippen LogP contribution in [0.4, 0.5) is 24.7 Å². The zero-order valence-electron chi connectivity index (χ0n) is 15.1. The van der Waals surface area contributed by atoms with Gasteiger partial charge in [-0.05, 0) is 43.2 Å². The summed E-state index contributed by atoms with van der Waals surface area (Å²) < 4.78 is 66.5. The Hall–Kier alpha value is -2.72. The second-order valence-electron chi connectivity index (χ2n) is 6.67. The zero-order chi connectivity index (χ0) is 20.6. The van der Waals surface area contributed by atoms with Crippen LogP contribution in [-0.2, 0) is 16.2 Å². The Balaban J connectivity index is 1.74. The Kier molecular flexibility index (Phi) is 4.91. The molecular weight excluding hydrogens is 405 g/mol. The monoisotopic (exact) mass is 422 g/mol. The average Bonchev–Trinajstić information content (AvgIpc) is 3.23. The van der Waals surface area contributed by atoms with Crippen LogP contribution in [0.5, 0.6) is 0 Å². The first kappa shape index (κ1) is 19.6. The minimum Gasteiger partial charge on any atom is -0.340 e. The third-order valence-electron chi connectivity index (χ3n) is 4.66. The molecule has 10 heteroatoms. The maximum atomic E-state index is 13.2. The van der Waals surface area contributed by atoms with Gasteiger partial charge in [-0.25, -0.2) is 18.4 Å². The number of hydrogen-bond donors (Lipinski definition) is 1. The Morgan fingerprint density at radius 2 is 1.69 bits per heavy atom. The van der Waals surface area contributed by atoms with Crippen LogP contribution in [-0.4, -0.2) is 35.8 Å². The van der Waals surface area contributed by atoms with E-state index in [4.69, 9.17) is 0 Å². The standard InChI is InChI=1S/C19H17F3N4O2S/c20-19(21,22)18-24-16-9-2-1-8-15(16)17(25-18)23-13-6-5-7-14(12-13)29(27,28)26-10-3-4-11-26/h1-2,5-9,12H,3-4,10-11H2,(H,23,24,25). The fourth-order valence-corrected chi connectivity index (χ4v) is 4.81. The number of alkyl halides is 3. The second-order valence-corrected chi connectivity index (χ2v) is 8.61. The van der Waals surface area contributed by atoms with Crippen LogP contribution in [0.3, 0.4) is 0 Å². The van der Waals surface area contributed by atoms with Gasteiger partial charge < -0.3 is 5.32 Å². The molecule has 1 N–H and O–H groups in total. The molecule has 3 aromatic rings. The van der Waals surface area contributed by atoms with Gasteiger partial charge in [-0.2, -0.15) is 17.5 Å². The fourth-order valence-electron chi connectivity index (χ4n) is 3.25. The summed E-state index contributed by atoms with van der Waals surface area (Å²) >= 11 is 0. The number of rotatable bonds is 4. The fraction of sp³-hybridized carbons (Fsp3) is 0.263. The second kappa shape index (κ2) is 7.27. The van der Waals surface area contributed by atoms with Gasteiger partial charge in [0.25, 0.3) is 0 Å². The van der Waals surface area contributed by atoms with E-state index < -0.39 is 22.0 Å². The van der Waals surface area contributed by atoms with Crippen LogP contribution < -0.4 is 5.32 Å². The first-order valence-corrected chi connectivity index (χ1v) is 10.4. The zero-order valence-corrected chi connectivity index (χ0v) is 16.0. The van der Waals surface area contributed by atoms with Gasteiger partial charge in [-0.1, -0.05) is 18.2 Å². The number of hydrogen-bond acceptors (Lipinski definition) is 5. The number of nitrogens with zero attached hydrogens (tertiary/aromatic N) is 3. The van der Waals surface area contributed by atoms with Crippen molar-refractivity contribution < 1.29 is 21.6 Å². The van der Waals surface area contributed by atoms with E-state index in [0.717, 1.165) is 12.8 Å². The number of fused-ring (bicyclic) bond motifs is 1. The molecule has 1 aromatic heterocycles. The van der Waals surface area contributed by atoms with E-state index in [1.807, 2.05) is 0 Å². The number of aromatic nitrogens is 2. The maximum Gasteiger partial charge on any atom is 0.451 e. The molecule has 0 radical (unpaired) electrons. The molecule has 29 heavy (non-hydrogen) atoms. The minimum absolute atomic E-state index is 0.0429. The quantitative estimate of drug-likeness (QED) is 0.683. The van der Waals surface area contributed by atoms with Gasteiger partial charge in [0.05, 0.1) is 10.4 Å². The summed E-state index contributed by atoms with van der Waals surface area (Å²) in [6, 6.07) is 12.3. The van der Waals surface area contributed by atoms with Crippen molar-refractivity contribution in [3.8, 4) is 0 Å². The lowest BCUT2D eigenvalue weighted by molar-refractivity contribution is -0.144. The Morgan fingerprint density at radius 1 is 0.966 bits per heavy atom. The number of halogens is 3. The van der Waals surface area contributed by atoms with Gasteiger partial charge >= 0.3 is 6.18 Å². The molecule has 152 valence electrons. The van der Waals surface area contributed by atoms with Gasteiger partial charge in [0.2, 0.25) is 15.8 Å². The summed E-state index contributed by atoms with van der Waals surface area (Å²) in [5.41, 5.74) is 0.459. The minimum atomic E-state index is -4.71. The van der Waals surface area contributed by atoms with Crippen LogP contribution in [0.1, 0.15) is 18.7 Å². The van der Waals surface area contributed by atoms with Gasteiger partial charge in [0, 0.05) is 24.2 Å². The van der Waals surface area contributed by atoms with Crippen molar-refractivity contribution in [2.24, 2.45) is 0 Å². The molecule has 0 unspecified atom stereocenters. The summed E-state index contributed by atoms with van der Waals surface area (Å²) in [5, 5.41) is 3.22. The molecular formula is C19H17F3N4O2S. The molecule has 0 spiro atoms. The van der Waals surface area contributed by atoms with Crippen LogP contribution >= 0.6 is 0 Å². The van der Waals surface area contributed by atoms with E-state index in [0.29, 0.717) is 24.2 Å². The molecule has 0 aliphatic carbocycles. The summed E-state index contributed by atoms with van der Waals surface area (Å²) in [5.74, 6) is -1.31. The summed E-state index contributed by atoms with van der Waals surface area (Å²) in [6.45, 7) is 0.928. The summed E-state index contributed by atoms with van der Waals surface area (Å²) in [7, 11) is -3.65. The maximum absolute atomic E-state index is 13.2. The van der Waals surface area contributed by atoms with Crippen LogP contribution in [0.25, 0.3) is 10.9 Å². The first-order chi connectivity index (χ1) is 13.7. The van der Waals surface area contributed by atoms with E-state index in [1.165, 1.54) is 22.5 Å². The number of para-hydroxylation sites is 1. The van der Waals surface area contributed by atoms with E-state index >= 15 is 0 Å². The largest absolute Gasteiger partial charge is 0.451 e. The van der Waals surface area contributed by atoms with E-state index in [1.54, 1.807) is 30.3 Å². The topological polar surface area (TPSA) is 75.2 Å². The normalized spacial score (nSPS) is 15.7. The highest BCUT2D eigenvalue weighted by Crippen LogP contribution is 2.32. The first-order valence-electron chi connectivity index (χ1n) is 8.96. The van der Waals surface area contributed by atoms with Crippen molar-refractivity contribution in [1.29, 1.82) is 0 Å². The van der Waals surface area contributed by atoms with E-state index in [2.05, 4.69) is 15.3 Å². The Bertz CT molecular complexity index is 1160. The average molecular weight is 422 g/mol. The van der Waals surface area contributed by atoms with Gasteiger partial charge in [-0.15, -0.1) is 0 Å². The van der Waals surface area contributed by atoms with Crippen molar-refractivity contribution in [2.45, 2.75) is 23.9 Å². The molecule has 0 atom stereocenters. The highest BCUT2D eigenvalue weighted by molar-refractivity contribution is 7.89. The summed E-state index contributed by atoms with van der Waals surface area (Å²) in [4.78, 5) is 7.29. The van der Waals surface area contributed by atoms with Crippen molar-refractivity contribution in [3.05, 3.63) is 54.4 Å². The highest BCUT2D eigenvalue weighted by atomic mass is 32.2. The smallest absolute Gasteiger partial charge is 0.340 e. The number of benzene rings is 2. The SMILES string of the molecule is O=S(=O)(c1cccc(Nc2nc(C(F)(F)F)nc3ccccc23)c1)N1CCCC1. The third-order valence-corrected chi connectivity index (χ3v) is 6.55. The van der Waals surface area contributed by atoms with Crippen LogP contribution in [0.15, 0.2) is 53.4 Å². The predicted octanol–water partition coefficient (Wildman–Crippen LogP) is 4.18. The van der Waals surface area contributed by atoms with Crippen molar-refractivity contribution in [1.82, 2.24) is 14.3 Å². The number of anilines is 2. The van der Waals surface area contributed by atoms with Crippen LogP contribution in [0, 0.1) is 0 Å². The third kappa shape index (κ3) is 3.90. The molecule has 1 fully saturated rings. The molecule has 1 saturated heterocycles. The van der Waals surface area contributed by atoms with Crippen molar-refractivity contribution in [3.63, 3.8) is 0 Å². The van der Waals surface area contributed by atoms with E-state index in [9.17, 15) is 21.6 Å². The molecule has 4 rings (SSSR count). The molecule has 0 bridgehead atoms. The molecule has 0 saturated carbocycles. The van der Waals surface area contributed by atoms with E-state index in [-0.39, 0.29) is 16.2 Å². The molecule has 1 aliphatic heterocycles. The Labute approximate surface area is 165 Å². The lowest BCUT2D eigenvalue weighted by atomic mass is 10.2. The predicted molar refractivity (Wildman–Crippen MR) is 102 cm³/mol. The number of nitrogens with one attached hydrogen (secondary N) is 1. The van der Waals surface area contributed by atoms with Crippen molar-refractivity contribution in [2.75, 3.05) is 18.4 Å². The molecule has 2 aromatic carbocycles. The van der Waals surface area contributed by atoms with Crippen LogP contribution in [0.2, 0.25) is 0 Å². The highest BCUT2D eigenvalue weighted by Gasteiger charge is 2.35. The lowest BCUT2D eigenvalue weighted by Gasteiger charge is -2.17. The summed E-state index contributed by atoms with van der Waals surface area (Å²) in [6.07, 6.45) is -3.09. The van der Waals surface area contributed by atoms with Gasteiger partial charge in [0.15, 0.2) is 0 Å². The molecule has 1 aliphatic rings. The lowest BCUT2D eigenvalue weighted by Crippen LogP contribution is -2.27. The molecule has 6 nitrogen and oxygen atoms in total. The molecule has 2 heterocycles. The van der Waals surface area contributed by atoms with Gasteiger partial charge in [0.1, 0.15) is 5.82 Å². The number of sulfonamides is 1. The Morgan fingerprint density at radius 3 is 2.41 bits per heavy atom. The van der Waals surface area contributed by atoms with Gasteiger partial charge in [-0.3, -0.25) is 0 Å².